The molecule has 2 heterocycles. The quantitative estimate of drug-likeness (QED) is 0.568. The van der Waals surface area contributed by atoms with Crippen LogP contribution in [0.5, 0.6) is 11.5 Å². The molecule has 8 nitrogen and oxygen atoms in total. The number of ether oxygens (including phenoxy) is 2. The van der Waals surface area contributed by atoms with Crippen LogP contribution in [0.1, 0.15) is 35.8 Å². The van der Waals surface area contributed by atoms with Crippen LogP contribution in [0, 0.1) is 0 Å². The first kappa shape index (κ1) is 20.9. The number of rotatable bonds is 8. The molecule has 0 atom stereocenters. The lowest BCUT2D eigenvalue weighted by Crippen LogP contribution is -2.26. The topological polar surface area (TPSA) is 107 Å². The maximum absolute atomic E-state index is 10.8. The van der Waals surface area contributed by atoms with Crippen LogP contribution >= 0.6 is 0 Å². The van der Waals surface area contributed by atoms with Crippen LogP contribution in [0.2, 0.25) is 0 Å². The lowest BCUT2D eigenvalue weighted by Gasteiger charge is -2.18. The Morgan fingerprint density at radius 1 is 1.13 bits per heavy atom. The van der Waals surface area contributed by atoms with Gasteiger partial charge >= 0.3 is 5.97 Å². The van der Waals surface area contributed by atoms with Crippen molar-refractivity contribution >= 4 is 5.97 Å². The van der Waals surface area contributed by atoms with E-state index >= 15 is 0 Å². The van der Waals surface area contributed by atoms with Gasteiger partial charge in [0.1, 0.15) is 6.61 Å². The summed E-state index contributed by atoms with van der Waals surface area (Å²) in [6.45, 7) is 2.26. The summed E-state index contributed by atoms with van der Waals surface area (Å²) >= 11 is 0. The van der Waals surface area contributed by atoms with Crippen LogP contribution in [0.15, 0.2) is 47.0 Å². The molecule has 162 valence electrons. The second kappa shape index (κ2) is 9.61. The largest absolute Gasteiger partial charge is 0.493 e. The van der Waals surface area contributed by atoms with Crippen molar-refractivity contribution in [3.8, 4) is 22.9 Å². The van der Waals surface area contributed by atoms with E-state index in [1.54, 1.807) is 19.2 Å². The van der Waals surface area contributed by atoms with Crippen molar-refractivity contribution in [2.45, 2.75) is 31.8 Å². The van der Waals surface area contributed by atoms with E-state index in [2.05, 4.69) is 15.5 Å². The molecule has 4 rings (SSSR count). The molecule has 1 aromatic heterocycles. The van der Waals surface area contributed by atoms with E-state index in [0.717, 1.165) is 42.6 Å². The second-order valence-electron chi connectivity index (χ2n) is 7.52. The summed E-state index contributed by atoms with van der Waals surface area (Å²) in [5, 5.41) is 16.3. The number of aliphatic carboxylic acids is 1. The van der Waals surface area contributed by atoms with Crippen LogP contribution in [0.4, 0.5) is 0 Å². The minimum atomic E-state index is -0.849. The van der Waals surface area contributed by atoms with Gasteiger partial charge in [0.15, 0.2) is 11.5 Å². The number of carboxylic acids is 1. The van der Waals surface area contributed by atoms with Crippen LogP contribution < -0.4 is 14.8 Å². The van der Waals surface area contributed by atoms with E-state index in [-0.39, 0.29) is 6.42 Å². The number of carbonyl (C=O) groups is 1. The molecule has 0 bridgehead atoms. The van der Waals surface area contributed by atoms with Gasteiger partial charge in [0.25, 0.3) is 0 Å². The fraction of sp³-hybridized carbons (Fsp3) is 0.348. The van der Waals surface area contributed by atoms with Crippen molar-refractivity contribution < 1.29 is 23.9 Å². The number of benzene rings is 2. The molecule has 8 heteroatoms. The van der Waals surface area contributed by atoms with Crippen LogP contribution in [-0.4, -0.2) is 41.4 Å². The highest BCUT2D eigenvalue weighted by Crippen LogP contribution is 2.33. The molecular weight excluding hydrogens is 398 g/mol. The standard InChI is InChI=1S/C23H25N3O5/c1-29-20-13-18(22-25-23(31-26-22)17-8-10-24-11-9-17)6-7-19(20)30-14-16-4-2-15(3-5-16)12-21(27)28/h2-7,13,17,24H,8-12,14H2,1H3,(H,27,28). The zero-order valence-corrected chi connectivity index (χ0v) is 17.3. The first-order chi connectivity index (χ1) is 15.1. The molecule has 1 aliphatic rings. The summed E-state index contributed by atoms with van der Waals surface area (Å²) in [6, 6.07) is 12.9. The Hall–Kier alpha value is -3.39. The molecule has 2 N–H and O–H groups in total. The highest BCUT2D eigenvalue weighted by atomic mass is 16.5. The van der Waals surface area contributed by atoms with Crippen LogP contribution in [0.3, 0.4) is 0 Å². The summed E-state index contributed by atoms with van der Waals surface area (Å²) in [5.74, 6) is 1.85. The highest BCUT2D eigenvalue weighted by Gasteiger charge is 2.22. The normalized spacial score (nSPS) is 14.4. The van der Waals surface area contributed by atoms with Crippen molar-refractivity contribution in [3.05, 3.63) is 59.5 Å². The molecule has 0 amide bonds. The molecule has 0 aliphatic carbocycles. The maximum atomic E-state index is 10.8. The molecular formula is C23H25N3O5. The molecule has 1 fully saturated rings. The average Bonchev–Trinajstić information content (AvgIpc) is 3.29. The third-order valence-electron chi connectivity index (χ3n) is 5.32. The van der Waals surface area contributed by atoms with Crippen molar-refractivity contribution in [1.82, 2.24) is 15.5 Å². The Morgan fingerprint density at radius 2 is 1.87 bits per heavy atom. The summed E-state index contributed by atoms with van der Waals surface area (Å²) < 4.78 is 16.9. The summed E-state index contributed by atoms with van der Waals surface area (Å²) in [6.07, 6.45) is 2.00. The number of nitrogens with one attached hydrogen (secondary N) is 1. The number of hydrogen-bond donors (Lipinski definition) is 2. The lowest BCUT2D eigenvalue weighted by molar-refractivity contribution is -0.136. The molecule has 0 spiro atoms. The Labute approximate surface area is 180 Å². The molecule has 0 unspecified atom stereocenters. The van der Waals surface area contributed by atoms with Crippen molar-refractivity contribution in [3.63, 3.8) is 0 Å². The van der Waals surface area contributed by atoms with E-state index in [9.17, 15) is 4.79 Å². The van der Waals surface area contributed by atoms with Crippen LogP contribution in [-0.2, 0) is 17.8 Å². The number of carboxylic acid groups (broad SMARTS) is 1. The zero-order valence-electron chi connectivity index (χ0n) is 17.3. The first-order valence-corrected chi connectivity index (χ1v) is 10.3. The van der Waals surface area contributed by atoms with Gasteiger partial charge in [-0.05, 0) is 55.3 Å². The molecule has 3 aromatic rings. The van der Waals surface area contributed by atoms with Gasteiger partial charge in [0, 0.05) is 11.5 Å². The predicted molar refractivity (Wildman–Crippen MR) is 113 cm³/mol. The smallest absolute Gasteiger partial charge is 0.307 e. The van der Waals surface area contributed by atoms with Gasteiger partial charge in [-0.25, -0.2) is 0 Å². The SMILES string of the molecule is COc1cc(-c2noc(C3CCNCC3)n2)ccc1OCc1ccc(CC(=O)O)cc1. The van der Waals surface area contributed by atoms with Gasteiger partial charge < -0.3 is 24.4 Å². The highest BCUT2D eigenvalue weighted by molar-refractivity contribution is 5.70. The summed E-state index contributed by atoms with van der Waals surface area (Å²) in [4.78, 5) is 15.4. The number of hydrogen-bond acceptors (Lipinski definition) is 7. The minimum absolute atomic E-state index is 0.00581. The monoisotopic (exact) mass is 423 g/mol. The Morgan fingerprint density at radius 3 is 2.58 bits per heavy atom. The number of nitrogens with zero attached hydrogens (tertiary/aromatic N) is 2. The van der Waals surface area contributed by atoms with Crippen molar-refractivity contribution in [2.75, 3.05) is 20.2 Å². The van der Waals surface area contributed by atoms with Gasteiger partial charge in [-0.1, -0.05) is 29.4 Å². The zero-order chi connectivity index (χ0) is 21.6. The molecule has 0 saturated carbocycles. The molecule has 1 saturated heterocycles. The summed E-state index contributed by atoms with van der Waals surface area (Å²) in [7, 11) is 1.59. The third-order valence-corrected chi connectivity index (χ3v) is 5.32. The van der Waals surface area contributed by atoms with Gasteiger partial charge in [-0.2, -0.15) is 4.98 Å². The maximum Gasteiger partial charge on any atom is 0.307 e. The van der Waals surface area contributed by atoms with E-state index in [0.29, 0.717) is 35.7 Å². The molecule has 0 radical (unpaired) electrons. The second-order valence-corrected chi connectivity index (χ2v) is 7.52. The first-order valence-electron chi connectivity index (χ1n) is 10.3. The van der Waals surface area contributed by atoms with E-state index < -0.39 is 5.97 Å². The number of piperidine rings is 1. The van der Waals surface area contributed by atoms with Crippen LogP contribution in [0.25, 0.3) is 11.4 Å². The molecule has 31 heavy (non-hydrogen) atoms. The fourth-order valence-electron chi connectivity index (χ4n) is 3.60. The fourth-order valence-corrected chi connectivity index (χ4v) is 3.60. The van der Waals surface area contributed by atoms with Gasteiger partial charge in [-0.3, -0.25) is 4.79 Å². The predicted octanol–water partition coefficient (Wildman–Crippen LogP) is 3.42. The number of methoxy groups -OCH3 is 1. The Kier molecular flexibility index (Phi) is 6.47. The molecule has 2 aromatic carbocycles. The van der Waals surface area contributed by atoms with E-state index in [1.165, 1.54) is 0 Å². The van der Waals surface area contributed by atoms with E-state index in [4.69, 9.17) is 19.1 Å². The summed E-state index contributed by atoms with van der Waals surface area (Å²) in [5.41, 5.74) is 2.48. The Balaban J connectivity index is 1.43. The average molecular weight is 423 g/mol. The van der Waals surface area contributed by atoms with Gasteiger partial charge in [0.05, 0.1) is 13.5 Å². The number of aromatic nitrogens is 2. The third kappa shape index (κ3) is 5.21. The van der Waals surface area contributed by atoms with Gasteiger partial charge in [-0.15, -0.1) is 0 Å². The van der Waals surface area contributed by atoms with Crippen molar-refractivity contribution in [1.29, 1.82) is 0 Å². The minimum Gasteiger partial charge on any atom is -0.493 e. The Bertz CT molecular complexity index is 1030. The van der Waals surface area contributed by atoms with E-state index in [1.807, 2.05) is 30.3 Å². The lowest BCUT2D eigenvalue weighted by atomic mass is 9.98. The van der Waals surface area contributed by atoms with Crippen molar-refractivity contribution in [2.24, 2.45) is 0 Å². The molecule has 1 aliphatic heterocycles. The van der Waals surface area contributed by atoms with Gasteiger partial charge in [0.2, 0.25) is 11.7 Å².